The van der Waals surface area contributed by atoms with E-state index in [1.54, 1.807) is 31.1 Å². The average Bonchev–Trinajstić information content (AvgIpc) is 3.27. The highest BCUT2D eigenvalue weighted by atomic mass is 16.5. The largest absolute Gasteiger partial charge is 0.503 e. The third-order valence-electron chi connectivity index (χ3n) is 5.31. The number of nitrogens with zero attached hydrogens (tertiary/aromatic N) is 1. The number of amides is 1. The minimum atomic E-state index is -0.650. The molecule has 1 amide bonds. The van der Waals surface area contributed by atoms with Crippen LogP contribution in [0, 0.1) is 0 Å². The summed E-state index contributed by atoms with van der Waals surface area (Å²) in [6, 6.07) is 4.75. The standard InChI is InChI=1S/C20H25NO5/c1-4-14(22)16-17(13-10-7-11-15(25-2)19(13)26-3)21(20(24)18(16)23)12-8-5-6-9-12/h7,10-12,17,23H,4-6,8-9H2,1-3H3. The maximum Gasteiger partial charge on any atom is 0.290 e. The van der Waals surface area contributed by atoms with Gasteiger partial charge in [0.1, 0.15) is 0 Å². The van der Waals surface area contributed by atoms with Crippen molar-refractivity contribution < 1.29 is 24.2 Å². The van der Waals surface area contributed by atoms with E-state index in [1.165, 1.54) is 7.11 Å². The Labute approximate surface area is 153 Å². The molecule has 0 radical (unpaired) electrons. The first-order valence-electron chi connectivity index (χ1n) is 9.05. The van der Waals surface area contributed by atoms with Crippen molar-refractivity contribution in [3.8, 4) is 11.5 Å². The first kappa shape index (κ1) is 18.3. The van der Waals surface area contributed by atoms with Crippen LogP contribution in [0.4, 0.5) is 0 Å². The van der Waals surface area contributed by atoms with Crippen LogP contribution in [0.15, 0.2) is 29.5 Å². The highest BCUT2D eigenvalue weighted by Crippen LogP contribution is 2.47. The molecule has 1 saturated carbocycles. The summed E-state index contributed by atoms with van der Waals surface area (Å²) < 4.78 is 10.9. The summed E-state index contributed by atoms with van der Waals surface area (Å²) in [6.45, 7) is 1.73. The lowest BCUT2D eigenvalue weighted by Crippen LogP contribution is -2.38. The van der Waals surface area contributed by atoms with Crippen molar-refractivity contribution >= 4 is 11.7 Å². The zero-order valence-electron chi connectivity index (χ0n) is 15.4. The molecule has 1 aliphatic heterocycles. The third kappa shape index (κ3) is 2.83. The molecular weight excluding hydrogens is 334 g/mol. The maximum absolute atomic E-state index is 12.9. The molecule has 1 atom stereocenters. The number of carbonyl (C=O) groups excluding carboxylic acids is 2. The number of hydrogen-bond acceptors (Lipinski definition) is 5. The highest BCUT2D eigenvalue weighted by Gasteiger charge is 2.47. The lowest BCUT2D eigenvalue weighted by atomic mass is 9.93. The van der Waals surface area contributed by atoms with E-state index in [2.05, 4.69) is 0 Å². The lowest BCUT2D eigenvalue weighted by molar-refractivity contribution is -0.131. The van der Waals surface area contributed by atoms with Crippen LogP contribution in [-0.2, 0) is 9.59 Å². The van der Waals surface area contributed by atoms with E-state index in [9.17, 15) is 14.7 Å². The van der Waals surface area contributed by atoms with Gasteiger partial charge in [0.2, 0.25) is 0 Å². The SMILES string of the molecule is CCC(=O)C1=C(O)C(=O)N(C2CCCC2)C1c1cccc(OC)c1OC. The Balaban J connectivity index is 2.18. The van der Waals surface area contributed by atoms with Gasteiger partial charge in [-0.3, -0.25) is 9.59 Å². The molecule has 1 aromatic rings. The predicted octanol–water partition coefficient (Wildman–Crippen LogP) is 3.32. The molecule has 0 saturated heterocycles. The first-order chi connectivity index (χ1) is 12.5. The Morgan fingerprint density at radius 3 is 2.50 bits per heavy atom. The van der Waals surface area contributed by atoms with Gasteiger partial charge in [-0.15, -0.1) is 0 Å². The molecule has 26 heavy (non-hydrogen) atoms. The van der Waals surface area contributed by atoms with Crippen LogP contribution in [0.3, 0.4) is 0 Å². The summed E-state index contributed by atoms with van der Waals surface area (Å²) in [6.07, 6.45) is 4.03. The van der Waals surface area contributed by atoms with E-state index >= 15 is 0 Å². The number of aliphatic hydroxyl groups excluding tert-OH is 1. The maximum atomic E-state index is 12.9. The summed E-state index contributed by atoms with van der Waals surface area (Å²) in [5.74, 6) is -0.126. The molecule has 6 heteroatoms. The van der Waals surface area contributed by atoms with Gasteiger partial charge in [0, 0.05) is 18.0 Å². The molecule has 1 aromatic carbocycles. The summed E-state index contributed by atoms with van der Waals surface area (Å²) >= 11 is 0. The lowest BCUT2D eigenvalue weighted by Gasteiger charge is -2.33. The second-order valence-electron chi connectivity index (χ2n) is 6.67. The smallest absolute Gasteiger partial charge is 0.290 e. The number of rotatable bonds is 6. The van der Waals surface area contributed by atoms with Gasteiger partial charge in [0.25, 0.3) is 5.91 Å². The zero-order chi connectivity index (χ0) is 18.8. The molecule has 140 valence electrons. The van der Waals surface area contributed by atoms with Crippen LogP contribution in [0.25, 0.3) is 0 Å². The number of ketones is 1. The molecule has 1 fully saturated rings. The summed E-state index contributed by atoms with van der Waals surface area (Å²) in [5.41, 5.74) is 0.823. The molecule has 3 rings (SSSR count). The quantitative estimate of drug-likeness (QED) is 0.843. The molecule has 0 spiro atoms. The van der Waals surface area contributed by atoms with E-state index in [4.69, 9.17) is 9.47 Å². The first-order valence-corrected chi connectivity index (χ1v) is 9.05. The number of carbonyl (C=O) groups is 2. The van der Waals surface area contributed by atoms with Crippen LogP contribution >= 0.6 is 0 Å². The molecule has 1 unspecified atom stereocenters. The van der Waals surface area contributed by atoms with Crippen LogP contribution in [0.2, 0.25) is 0 Å². The fourth-order valence-electron chi connectivity index (χ4n) is 4.09. The Morgan fingerprint density at radius 1 is 1.23 bits per heavy atom. The molecule has 1 aliphatic carbocycles. The van der Waals surface area contributed by atoms with E-state index < -0.39 is 17.7 Å². The minimum Gasteiger partial charge on any atom is -0.503 e. The summed E-state index contributed by atoms with van der Waals surface area (Å²) in [4.78, 5) is 27.1. The predicted molar refractivity (Wildman–Crippen MR) is 96.3 cm³/mol. The van der Waals surface area contributed by atoms with Gasteiger partial charge < -0.3 is 19.5 Å². The molecule has 6 nitrogen and oxygen atoms in total. The van der Waals surface area contributed by atoms with Gasteiger partial charge in [0.05, 0.1) is 25.8 Å². The van der Waals surface area contributed by atoms with Gasteiger partial charge in [-0.1, -0.05) is 31.9 Å². The second kappa shape index (κ2) is 7.40. The Bertz CT molecular complexity index is 749. The van der Waals surface area contributed by atoms with Crippen LogP contribution in [0.1, 0.15) is 50.6 Å². The van der Waals surface area contributed by atoms with Crippen molar-refractivity contribution in [1.82, 2.24) is 4.90 Å². The van der Waals surface area contributed by atoms with Crippen molar-refractivity contribution in [2.24, 2.45) is 0 Å². The number of para-hydroxylation sites is 1. The molecule has 0 bridgehead atoms. The molecule has 2 aliphatic rings. The molecule has 0 aromatic heterocycles. The minimum absolute atomic E-state index is 0.00714. The summed E-state index contributed by atoms with van der Waals surface area (Å²) in [5, 5.41) is 10.5. The fraction of sp³-hybridized carbons (Fsp3) is 0.500. The van der Waals surface area contributed by atoms with Crippen LogP contribution in [0.5, 0.6) is 11.5 Å². The Morgan fingerprint density at radius 2 is 1.92 bits per heavy atom. The van der Waals surface area contributed by atoms with Gasteiger partial charge in [0.15, 0.2) is 23.0 Å². The summed E-state index contributed by atoms with van der Waals surface area (Å²) in [7, 11) is 3.07. The van der Waals surface area contributed by atoms with Gasteiger partial charge in [-0.05, 0) is 18.9 Å². The van der Waals surface area contributed by atoms with Crippen molar-refractivity contribution in [3.05, 3.63) is 35.1 Å². The normalized spacial score (nSPS) is 20.8. The number of Topliss-reactive ketones (excluding diaryl/α,β-unsaturated/α-hetero) is 1. The highest BCUT2D eigenvalue weighted by molar-refractivity contribution is 6.09. The number of ether oxygens (including phenoxy) is 2. The van der Waals surface area contributed by atoms with Crippen LogP contribution < -0.4 is 9.47 Å². The zero-order valence-corrected chi connectivity index (χ0v) is 15.4. The fourth-order valence-corrected chi connectivity index (χ4v) is 4.09. The van der Waals surface area contributed by atoms with E-state index in [0.29, 0.717) is 17.1 Å². The molecular formula is C20H25NO5. The number of hydrogen-bond donors (Lipinski definition) is 1. The van der Waals surface area contributed by atoms with Gasteiger partial charge in [-0.25, -0.2) is 0 Å². The van der Waals surface area contributed by atoms with Gasteiger partial charge >= 0.3 is 0 Å². The topological polar surface area (TPSA) is 76.1 Å². The Kier molecular flexibility index (Phi) is 5.20. The van der Waals surface area contributed by atoms with Crippen molar-refractivity contribution in [3.63, 3.8) is 0 Å². The monoisotopic (exact) mass is 359 g/mol. The number of methoxy groups -OCH3 is 2. The molecule has 1 heterocycles. The van der Waals surface area contributed by atoms with E-state index in [1.807, 2.05) is 6.07 Å². The van der Waals surface area contributed by atoms with Gasteiger partial charge in [-0.2, -0.15) is 0 Å². The van der Waals surface area contributed by atoms with Crippen molar-refractivity contribution in [2.75, 3.05) is 14.2 Å². The van der Waals surface area contributed by atoms with E-state index in [-0.39, 0.29) is 23.8 Å². The van der Waals surface area contributed by atoms with Crippen molar-refractivity contribution in [1.29, 1.82) is 0 Å². The number of benzene rings is 1. The Hall–Kier alpha value is -2.50. The van der Waals surface area contributed by atoms with Crippen molar-refractivity contribution in [2.45, 2.75) is 51.1 Å². The second-order valence-corrected chi connectivity index (χ2v) is 6.67. The van der Waals surface area contributed by atoms with Crippen LogP contribution in [-0.4, -0.2) is 42.0 Å². The average molecular weight is 359 g/mol. The third-order valence-corrected chi connectivity index (χ3v) is 5.31. The van der Waals surface area contributed by atoms with E-state index in [0.717, 1.165) is 25.7 Å². The number of aliphatic hydroxyl groups is 1. The molecule has 1 N–H and O–H groups in total.